The van der Waals surface area contributed by atoms with Gasteiger partial charge in [-0.1, -0.05) is 35.2 Å². The average molecular weight is 513 g/mol. The maximum atomic E-state index is 14.9. The van der Waals surface area contributed by atoms with Gasteiger partial charge in [0.05, 0.1) is 29.1 Å². The number of amides is 1. The van der Waals surface area contributed by atoms with Gasteiger partial charge in [0.15, 0.2) is 0 Å². The number of benzene rings is 1. The minimum Gasteiger partial charge on any atom is -0.386 e. The van der Waals surface area contributed by atoms with Gasteiger partial charge in [-0.2, -0.15) is 0 Å². The Morgan fingerprint density at radius 3 is 2.58 bits per heavy atom. The SMILES string of the molecule is CC(C)(O)c1ccc(C2CC(C(N)=O)=C(Nc3cccc(Cn4cc(C(C)(C)O)nn4)n3)S2)c(F)c1. The second kappa shape index (κ2) is 9.64. The number of primary amides is 1. The van der Waals surface area contributed by atoms with Crippen LogP contribution in [-0.4, -0.2) is 36.1 Å². The van der Waals surface area contributed by atoms with Crippen molar-refractivity contribution in [2.75, 3.05) is 5.32 Å². The summed E-state index contributed by atoms with van der Waals surface area (Å²) in [6, 6.07) is 10.0. The molecule has 2 aromatic heterocycles. The first kappa shape index (κ1) is 25.8. The summed E-state index contributed by atoms with van der Waals surface area (Å²) in [5, 5.41) is 31.6. The van der Waals surface area contributed by atoms with Crippen molar-refractivity contribution in [1.29, 1.82) is 0 Å². The van der Waals surface area contributed by atoms with E-state index in [-0.39, 0.29) is 11.7 Å². The first-order valence-electron chi connectivity index (χ1n) is 11.4. The quantitative estimate of drug-likeness (QED) is 0.361. The van der Waals surface area contributed by atoms with Gasteiger partial charge in [0.1, 0.15) is 22.9 Å². The van der Waals surface area contributed by atoms with Crippen LogP contribution in [0.3, 0.4) is 0 Å². The number of carbonyl (C=O) groups is 1. The van der Waals surface area contributed by atoms with Gasteiger partial charge in [0.2, 0.25) is 5.91 Å². The number of halogens is 1. The Morgan fingerprint density at radius 2 is 1.97 bits per heavy atom. The highest BCUT2D eigenvalue weighted by Crippen LogP contribution is 2.48. The number of aliphatic hydroxyl groups is 2. The summed E-state index contributed by atoms with van der Waals surface area (Å²) >= 11 is 1.31. The number of carbonyl (C=O) groups excluding carboxylic acids is 1. The monoisotopic (exact) mass is 512 g/mol. The predicted molar refractivity (Wildman–Crippen MR) is 135 cm³/mol. The van der Waals surface area contributed by atoms with E-state index in [1.165, 1.54) is 17.8 Å². The van der Waals surface area contributed by atoms with Gasteiger partial charge in [0, 0.05) is 16.4 Å². The minimum atomic E-state index is -1.16. The lowest BCUT2D eigenvalue weighted by atomic mass is 9.95. The second-order valence-corrected chi connectivity index (χ2v) is 11.0. The van der Waals surface area contributed by atoms with Gasteiger partial charge in [-0.15, -0.1) is 5.10 Å². The van der Waals surface area contributed by atoms with E-state index in [9.17, 15) is 19.4 Å². The molecule has 9 nitrogen and oxygen atoms in total. The first-order chi connectivity index (χ1) is 16.8. The fourth-order valence-electron chi connectivity index (χ4n) is 3.77. The number of nitrogens with two attached hydrogens (primary N) is 1. The van der Waals surface area contributed by atoms with Crippen LogP contribution in [-0.2, 0) is 22.5 Å². The summed E-state index contributed by atoms with van der Waals surface area (Å²) in [4.78, 5) is 16.8. The second-order valence-electron chi connectivity index (χ2n) is 9.78. The molecule has 4 rings (SSSR count). The van der Waals surface area contributed by atoms with Crippen LogP contribution in [0.5, 0.6) is 0 Å². The zero-order valence-corrected chi connectivity index (χ0v) is 21.3. The number of pyridine rings is 1. The normalized spacial score (nSPS) is 16.5. The molecule has 0 radical (unpaired) electrons. The topological polar surface area (TPSA) is 139 Å². The molecule has 190 valence electrons. The third-order valence-electron chi connectivity index (χ3n) is 5.81. The fourth-order valence-corrected chi connectivity index (χ4v) is 5.11. The first-order valence-corrected chi connectivity index (χ1v) is 12.3. The van der Waals surface area contributed by atoms with Gasteiger partial charge in [-0.05, 0) is 57.9 Å². The summed E-state index contributed by atoms with van der Waals surface area (Å²) in [5.41, 5.74) is 5.77. The number of thioether (sulfide) groups is 1. The highest BCUT2D eigenvalue weighted by molar-refractivity contribution is 8.03. The molecule has 1 atom stereocenters. The van der Waals surface area contributed by atoms with Crippen LogP contribution >= 0.6 is 11.8 Å². The molecule has 1 aliphatic heterocycles. The standard InChI is InChI=1S/C25H29FN6O3S/c1-24(2,34)14-8-9-16(18(26)10-14)19-11-17(22(27)33)23(36-19)29-21-7-5-6-15(28-21)12-32-13-20(30-31-32)25(3,4)35/h5-10,13,19,34-35H,11-12H2,1-4H3,(H2,27,33)(H,28,29). The fraction of sp³-hybridized carbons (Fsp3) is 0.360. The molecule has 0 bridgehead atoms. The van der Waals surface area contributed by atoms with Crippen LogP contribution in [0.1, 0.15) is 61.9 Å². The number of hydrogen-bond donors (Lipinski definition) is 4. The lowest BCUT2D eigenvalue weighted by molar-refractivity contribution is -0.114. The Hall–Kier alpha value is -3.28. The Morgan fingerprint density at radius 1 is 1.22 bits per heavy atom. The third kappa shape index (κ3) is 5.75. The van der Waals surface area contributed by atoms with Crippen molar-refractivity contribution >= 4 is 23.5 Å². The van der Waals surface area contributed by atoms with Gasteiger partial charge in [-0.25, -0.2) is 14.1 Å². The van der Waals surface area contributed by atoms with Crippen LogP contribution in [0, 0.1) is 5.82 Å². The molecule has 11 heteroatoms. The molecule has 0 saturated heterocycles. The zero-order valence-electron chi connectivity index (χ0n) is 20.5. The van der Waals surface area contributed by atoms with E-state index in [4.69, 9.17) is 5.73 Å². The largest absolute Gasteiger partial charge is 0.386 e. The molecule has 3 heterocycles. The maximum Gasteiger partial charge on any atom is 0.247 e. The van der Waals surface area contributed by atoms with Crippen molar-refractivity contribution < 1.29 is 19.4 Å². The van der Waals surface area contributed by atoms with Crippen molar-refractivity contribution in [3.8, 4) is 0 Å². The summed E-state index contributed by atoms with van der Waals surface area (Å²) in [6.07, 6.45) is 1.92. The van der Waals surface area contributed by atoms with Crippen molar-refractivity contribution in [3.63, 3.8) is 0 Å². The molecule has 1 aromatic carbocycles. The zero-order chi connectivity index (χ0) is 26.3. The Labute approximate surface area is 212 Å². The molecule has 0 aliphatic carbocycles. The van der Waals surface area contributed by atoms with Crippen molar-refractivity contribution in [3.05, 3.63) is 81.5 Å². The Balaban J connectivity index is 1.52. The lowest BCUT2D eigenvalue weighted by Gasteiger charge is -2.20. The summed E-state index contributed by atoms with van der Waals surface area (Å²) < 4.78 is 16.5. The molecular formula is C25H29FN6O3S. The van der Waals surface area contributed by atoms with Crippen LogP contribution in [0.2, 0.25) is 0 Å². The van der Waals surface area contributed by atoms with E-state index < -0.39 is 22.9 Å². The van der Waals surface area contributed by atoms with Crippen LogP contribution in [0.4, 0.5) is 10.2 Å². The molecule has 0 spiro atoms. The minimum absolute atomic E-state index is 0.263. The van der Waals surface area contributed by atoms with Gasteiger partial charge in [0.25, 0.3) is 0 Å². The van der Waals surface area contributed by atoms with E-state index in [1.807, 2.05) is 12.1 Å². The Kier molecular flexibility index (Phi) is 6.91. The van der Waals surface area contributed by atoms with Crippen molar-refractivity contribution in [2.45, 2.75) is 57.1 Å². The van der Waals surface area contributed by atoms with Crippen molar-refractivity contribution in [1.82, 2.24) is 20.0 Å². The van der Waals surface area contributed by atoms with E-state index in [1.54, 1.807) is 56.8 Å². The van der Waals surface area contributed by atoms with E-state index in [0.29, 0.717) is 45.5 Å². The van der Waals surface area contributed by atoms with Gasteiger partial charge in [-0.3, -0.25) is 4.79 Å². The lowest BCUT2D eigenvalue weighted by Crippen LogP contribution is -2.16. The molecule has 1 unspecified atom stereocenters. The maximum absolute atomic E-state index is 14.9. The number of aromatic nitrogens is 4. The summed E-state index contributed by atoms with van der Waals surface area (Å²) in [6.45, 7) is 6.78. The van der Waals surface area contributed by atoms with E-state index in [0.717, 1.165) is 0 Å². The van der Waals surface area contributed by atoms with Gasteiger partial charge >= 0.3 is 0 Å². The Bertz CT molecular complexity index is 1330. The molecule has 36 heavy (non-hydrogen) atoms. The summed E-state index contributed by atoms with van der Waals surface area (Å²) in [7, 11) is 0. The predicted octanol–water partition coefficient (Wildman–Crippen LogP) is 3.30. The smallest absolute Gasteiger partial charge is 0.247 e. The number of nitrogens with one attached hydrogen (secondary N) is 1. The highest BCUT2D eigenvalue weighted by atomic mass is 32.2. The van der Waals surface area contributed by atoms with Crippen LogP contribution in [0.15, 0.2) is 53.2 Å². The average Bonchev–Trinajstić information content (AvgIpc) is 3.41. The molecule has 0 fully saturated rings. The number of rotatable bonds is 8. The number of nitrogens with zero attached hydrogens (tertiary/aromatic N) is 4. The van der Waals surface area contributed by atoms with E-state index in [2.05, 4.69) is 20.6 Å². The van der Waals surface area contributed by atoms with Crippen molar-refractivity contribution in [2.24, 2.45) is 5.73 Å². The highest BCUT2D eigenvalue weighted by Gasteiger charge is 2.32. The van der Waals surface area contributed by atoms with E-state index >= 15 is 0 Å². The molecular weight excluding hydrogens is 483 g/mol. The number of hydrogen-bond acceptors (Lipinski definition) is 8. The molecule has 0 saturated carbocycles. The molecule has 1 aliphatic rings. The molecule has 5 N–H and O–H groups in total. The van der Waals surface area contributed by atoms with Gasteiger partial charge < -0.3 is 21.3 Å². The molecule has 3 aromatic rings. The third-order valence-corrected chi connectivity index (χ3v) is 7.10. The van der Waals surface area contributed by atoms with Crippen LogP contribution < -0.4 is 11.1 Å². The molecule has 1 amide bonds. The van der Waals surface area contributed by atoms with Crippen LogP contribution in [0.25, 0.3) is 0 Å². The summed E-state index contributed by atoms with van der Waals surface area (Å²) in [5.74, 6) is -0.537. The number of anilines is 1.